The van der Waals surface area contributed by atoms with Crippen molar-refractivity contribution in [1.29, 1.82) is 0 Å². The van der Waals surface area contributed by atoms with E-state index < -0.39 is 106 Å². The highest BCUT2D eigenvalue weighted by molar-refractivity contribution is 7.90. The van der Waals surface area contributed by atoms with Crippen molar-refractivity contribution in [2.24, 2.45) is 10.7 Å². The lowest BCUT2D eigenvalue weighted by Crippen LogP contribution is -2.58. The molecule has 368 valence electrons. The van der Waals surface area contributed by atoms with Crippen molar-refractivity contribution >= 4 is 57.4 Å². The van der Waals surface area contributed by atoms with Crippen LogP contribution >= 0.6 is 0 Å². The average molecular weight is 954 g/mol. The highest BCUT2D eigenvalue weighted by Gasteiger charge is 2.37. The average Bonchev–Trinajstić information content (AvgIpc) is 3.56. The number of ether oxygens (including phenoxy) is 2. The molecule has 2 heterocycles. The number of guanidine groups is 1. The van der Waals surface area contributed by atoms with Crippen molar-refractivity contribution < 1.29 is 51.5 Å². The van der Waals surface area contributed by atoms with E-state index in [2.05, 4.69) is 41.6 Å². The van der Waals surface area contributed by atoms with E-state index in [0.29, 0.717) is 47.3 Å². The molecule has 9 N–H and O–H groups in total. The molecule has 4 rings (SSSR count). The van der Waals surface area contributed by atoms with E-state index in [1.807, 2.05) is 13.8 Å². The molecule has 2 aliphatic heterocycles. The van der Waals surface area contributed by atoms with E-state index in [1.54, 1.807) is 71.9 Å². The number of fused-ring (bicyclic) bond motifs is 1. The maximum absolute atomic E-state index is 14.1. The van der Waals surface area contributed by atoms with Gasteiger partial charge in [-0.15, -0.1) is 0 Å². The largest absolute Gasteiger partial charge is 0.487 e. The normalized spacial score (nSPS) is 20.6. The Kier molecular flexibility index (Phi) is 18.3. The lowest BCUT2D eigenvalue weighted by molar-refractivity contribution is -0.134. The first-order chi connectivity index (χ1) is 31.3. The molecular formula is C46H67N9O11S. The molecule has 67 heavy (non-hydrogen) atoms. The van der Waals surface area contributed by atoms with Gasteiger partial charge in [0.15, 0.2) is 0 Å². The topological polar surface area (TPSA) is 295 Å². The number of unbranched alkanes of at least 4 members (excludes halogenated alkanes) is 1. The third kappa shape index (κ3) is 16.0. The molecule has 2 aliphatic rings. The van der Waals surface area contributed by atoms with Crippen molar-refractivity contribution in [2.45, 2.75) is 154 Å². The molecule has 6 amide bonds. The van der Waals surface area contributed by atoms with Crippen LogP contribution in [-0.4, -0.2) is 111 Å². The molecule has 21 heteroatoms. The molecular weight excluding hydrogens is 887 g/mol. The minimum absolute atomic E-state index is 0.0186. The van der Waals surface area contributed by atoms with Crippen LogP contribution in [0.25, 0.3) is 0 Å². The fraction of sp³-hybridized carbons (Fsp3) is 0.565. The first-order valence-corrected chi connectivity index (χ1v) is 23.9. The van der Waals surface area contributed by atoms with Crippen LogP contribution in [0.3, 0.4) is 0 Å². The van der Waals surface area contributed by atoms with Gasteiger partial charge in [-0.1, -0.05) is 30.3 Å². The Morgan fingerprint density at radius 1 is 0.836 bits per heavy atom. The Balaban J connectivity index is 1.57. The Morgan fingerprint density at radius 2 is 1.43 bits per heavy atom. The van der Waals surface area contributed by atoms with E-state index in [1.165, 1.54) is 6.92 Å². The number of sulfonamides is 1. The summed E-state index contributed by atoms with van der Waals surface area (Å²) in [6.07, 6.45) is 0.182. The van der Waals surface area contributed by atoms with Crippen molar-refractivity contribution in [2.75, 3.05) is 19.6 Å². The number of nitrogens with two attached hydrogens (primary N) is 1. The van der Waals surface area contributed by atoms with Crippen LogP contribution in [-0.2, 0) is 56.4 Å². The molecule has 0 aliphatic carbocycles. The van der Waals surface area contributed by atoms with Gasteiger partial charge in [0.25, 0.3) is 10.0 Å². The maximum atomic E-state index is 14.1. The maximum Gasteiger partial charge on any atom is 0.407 e. The van der Waals surface area contributed by atoms with Crippen molar-refractivity contribution in [1.82, 2.24) is 36.6 Å². The lowest BCUT2D eigenvalue weighted by atomic mass is 9.94. The molecule has 1 unspecified atom stereocenters. The van der Waals surface area contributed by atoms with Gasteiger partial charge < -0.3 is 47.1 Å². The van der Waals surface area contributed by atoms with Crippen molar-refractivity contribution in [3.63, 3.8) is 0 Å². The summed E-state index contributed by atoms with van der Waals surface area (Å²) in [4.78, 5) is 97.4. The summed E-state index contributed by atoms with van der Waals surface area (Å²) >= 11 is 0. The summed E-state index contributed by atoms with van der Waals surface area (Å²) in [5.74, 6) is -4.11. The van der Waals surface area contributed by atoms with Crippen LogP contribution in [0, 0.1) is 20.8 Å². The zero-order valence-corrected chi connectivity index (χ0v) is 40.7. The fourth-order valence-corrected chi connectivity index (χ4v) is 9.31. The minimum Gasteiger partial charge on any atom is -0.487 e. The molecule has 1 saturated heterocycles. The van der Waals surface area contributed by atoms with Crippen LogP contribution in [0.5, 0.6) is 5.75 Å². The number of aliphatic imine (C=N–C) groups is 1. The molecule has 4 atom stereocenters. The molecule has 0 spiro atoms. The van der Waals surface area contributed by atoms with Crippen molar-refractivity contribution in [3.05, 3.63) is 58.1 Å². The van der Waals surface area contributed by atoms with Gasteiger partial charge >= 0.3 is 6.09 Å². The predicted molar refractivity (Wildman–Crippen MR) is 249 cm³/mol. The molecule has 2 aromatic rings. The second kappa shape index (κ2) is 23.0. The molecule has 0 aromatic heterocycles. The zero-order chi connectivity index (χ0) is 49.9. The summed E-state index contributed by atoms with van der Waals surface area (Å²) in [5.41, 5.74) is 8.09. The first kappa shape index (κ1) is 53.4. The van der Waals surface area contributed by atoms with Crippen LogP contribution in [0.1, 0.15) is 108 Å². The van der Waals surface area contributed by atoms with Crippen molar-refractivity contribution in [3.8, 4) is 5.75 Å². The number of carbonyl (C=O) groups excluding carboxylic acids is 7. The number of hydrogen-bond donors (Lipinski definition) is 8. The lowest BCUT2D eigenvalue weighted by Gasteiger charge is -2.26. The van der Waals surface area contributed by atoms with Gasteiger partial charge in [-0.3, -0.25) is 33.8 Å². The number of nitrogens with one attached hydrogen (secondary N) is 7. The number of ketones is 1. The summed E-state index contributed by atoms with van der Waals surface area (Å²) in [6.45, 7) is 14.9. The standard InChI is InChI=1S/C46H67N9O11S/c1-26(56)22-34-41(60)54-35(23-30-16-11-10-12-17-30)42(61)53-33(18-13-14-20-49-44(62)66-45(5,6)7)40(59)52-32(39(58)50-25-36(57)51-34)19-15-21-48-43(47)55-67(63,64)38-28(3)27(2)37-31(29(38)4)24-46(8,9)65-37/h10-12,16-17,32-35H,13-15,18-25H2,1-9H3,(H,49,62)(H,50,58)(H,51,57)(H,52,59)(H,53,61)(H,54,60)(H3,47,48,55)/t32-,33-,34-,35?/m0/s1. The SMILES string of the molecule is CC(=O)C[C@@H]1NC(=O)CNC(=O)[C@H](CCCN=C(N)NS(=O)(=O)c2c(C)c(C)c3c(c2C)CC(C)(C)O3)NC(=O)[C@H](CCCCNC(=O)OC(C)(C)C)NC(=O)C(Cc2ccccc2)NC1=O. The molecule has 0 saturated carbocycles. The van der Waals surface area contributed by atoms with Gasteiger partial charge in [-0.05, 0) is 117 Å². The Morgan fingerprint density at radius 3 is 2.07 bits per heavy atom. The number of rotatable bonds is 15. The fourth-order valence-electron chi connectivity index (χ4n) is 7.79. The van der Waals surface area contributed by atoms with E-state index in [-0.39, 0.29) is 43.7 Å². The van der Waals surface area contributed by atoms with Crippen LogP contribution in [0.2, 0.25) is 0 Å². The third-order valence-electron chi connectivity index (χ3n) is 11.1. The molecule has 0 radical (unpaired) electrons. The number of carbonyl (C=O) groups is 7. The van der Waals surface area contributed by atoms with E-state index in [4.69, 9.17) is 15.2 Å². The summed E-state index contributed by atoms with van der Waals surface area (Å²) in [6, 6.07) is 3.53. The van der Waals surface area contributed by atoms with Crippen LogP contribution < -0.4 is 47.1 Å². The second-order valence-corrected chi connectivity index (χ2v) is 20.2. The quantitative estimate of drug-likeness (QED) is 0.0719. The Hall–Kier alpha value is -6.25. The molecule has 2 aromatic carbocycles. The smallest absolute Gasteiger partial charge is 0.407 e. The molecule has 0 bridgehead atoms. The van der Waals surface area contributed by atoms with Gasteiger partial charge in [-0.25, -0.2) is 17.9 Å². The van der Waals surface area contributed by atoms with Gasteiger partial charge in [-0.2, -0.15) is 0 Å². The zero-order valence-electron chi connectivity index (χ0n) is 39.9. The minimum atomic E-state index is -4.21. The monoisotopic (exact) mass is 953 g/mol. The predicted octanol–water partition coefficient (Wildman–Crippen LogP) is 1.68. The van der Waals surface area contributed by atoms with Crippen LogP contribution in [0.4, 0.5) is 4.79 Å². The van der Waals surface area contributed by atoms with Gasteiger partial charge in [0.05, 0.1) is 11.4 Å². The third-order valence-corrected chi connectivity index (χ3v) is 12.7. The number of hydrogen-bond acceptors (Lipinski definition) is 12. The highest BCUT2D eigenvalue weighted by Crippen LogP contribution is 2.43. The Bertz CT molecular complexity index is 2330. The van der Waals surface area contributed by atoms with Gasteiger partial charge in [0.1, 0.15) is 46.9 Å². The Labute approximate surface area is 392 Å². The van der Waals surface area contributed by atoms with Gasteiger partial charge in [0, 0.05) is 37.9 Å². The van der Waals surface area contributed by atoms with Crippen LogP contribution in [0.15, 0.2) is 40.2 Å². The van der Waals surface area contributed by atoms with E-state index in [0.717, 1.165) is 5.56 Å². The number of alkyl carbamates (subject to hydrolysis) is 1. The number of Topliss-reactive ketones (excluding diaryl/α,β-unsaturated/α-hetero) is 1. The number of benzene rings is 2. The number of nitrogens with zero attached hydrogens (tertiary/aromatic N) is 1. The van der Waals surface area contributed by atoms with E-state index >= 15 is 0 Å². The molecule has 1 fully saturated rings. The number of amides is 6. The summed E-state index contributed by atoms with van der Waals surface area (Å²) in [7, 11) is -4.21. The second-order valence-electron chi connectivity index (χ2n) is 18.6. The highest BCUT2D eigenvalue weighted by atomic mass is 32.2. The summed E-state index contributed by atoms with van der Waals surface area (Å²) in [5, 5.41) is 15.6. The molecule has 20 nitrogen and oxygen atoms in total. The van der Waals surface area contributed by atoms with E-state index in [9.17, 15) is 42.0 Å². The first-order valence-electron chi connectivity index (χ1n) is 22.4. The summed E-state index contributed by atoms with van der Waals surface area (Å²) < 4.78 is 41.3. The van der Waals surface area contributed by atoms with Gasteiger partial charge in [0.2, 0.25) is 35.5 Å².